The highest BCUT2D eigenvalue weighted by Gasteiger charge is 2.10. The number of halogens is 1. The normalized spacial score (nSPS) is 11.0. The quantitative estimate of drug-likeness (QED) is 0.385. The second kappa shape index (κ2) is 9.16. The third kappa shape index (κ3) is 4.81. The van der Waals surface area contributed by atoms with Crippen LogP contribution in [-0.2, 0) is 13.0 Å². The summed E-state index contributed by atoms with van der Waals surface area (Å²) < 4.78 is 6.47. The number of hydrogen-bond acceptors (Lipinski definition) is 4. The highest BCUT2D eigenvalue weighted by atomic mass is 79.9. The summed E-state index contributed by atoms with van der Waals surface area (Å²) >= 11 is 3.48. The molecule has 0 unspecified atom stereocenters. The molecule has 29 heavy (non-hydrogen) atoms. The van der Waals surface area contributed by atoms with Crippen molar-refractivity contribution in [1.82, 2.24) is 15.3 Å². The van der Waals surface area contributed by atoms with Gasteiger partial charge >= 0.3 is 0 Å². The third-order valence-electron chi connectivity index (χ3n) is 4.88. The highest BCUT2D eigenvalue weighted by Crippen LogP contribution is 2.27. The molecule has 0 atom stereocenters. The number of ether oxygens (including phenoxy) is 1. The summed E-state index contributed by atoms with van der Waals surface area (Å²) in [6.45, 7) is 1.65. The van der Waals surface area contributed by atoms with E-state index in [1.54, 1.807) is 19.5 Å². The first-order valence-electron chi connectivity index (χ1n) is 9.56. The van der Waals surface area contributed by atoms with Gasteiger partial charge in [0.25, 0.3) is 0 Å². The predicted octanol–water partition coefficient (Wildman–Crippen LogP) is 5.40. The molecule has 5 heteroatoms. The van der Waals surface area contributed by atoms with Crippen molar-refractivity contribution < 1.29 is 4.74 Å². The van der Waals surface area contributed by atoms with Gasteiger partial charge in [-0.3, -0.25) is 4.98 Å². The van der Waals surface area contributed by atoms with Gasteiger partial charge in [-0.05, 0) is 66.6 Å². The SMILES string of the molecule is COc1ccc2cc(CNCCc3ccc(Br)cc3)c(-c3ccncc3)nc2c1. The number of pyridine rings is 2. The van der Waals surface area contributed by atoms with Gasteiger partial charge in [0.05, 0.1) is 18.3 Å². The number of rotatable bonds is 7. The number of methoxy groups -OCH3 is 1. The largest absolute Gasteiger partial charge is 0.497 e. The van der Waals surface area contributed by atoms with Crippen LogP contribution in [-0.4, -0.2) is 23.6 Å². The molecule has 0 aliphatic heterocycles. The fourth-order valence-corrected chi connectivity index (χ4v) is 3.58. The zero-order chi connectivity index (χ0) is 20.1. The molecule has 2 heterocycles. The fourth-order valence-electron chi connectivity index (χ4n) is 3.32. The van der Waals surface area contributed by atoms with Crippen LogP contribution in [0.15, 0.2) is 77.5 Å². The average Bonchev–Trinajstić information content (AvgIpc) is 2.77. The Hall–Kier alpha value is -2.76. The van der Waals surface area contributed by atoms with Crippen LogP contribution in [0.4, 0.5) is 0 Å². The van der Waals surface area contributed by atoms with E-state index < -0.39 is 0 Å². The lowest BCUT2D eigenvalue weighted by Crippen LogP contribution is -2.17. The topological polar surface area (TPSA) is 47.0 Å². The highest BCUT2D eigenvalue weighted by molar-refractivity contribution is 9.10. The second-order valence-corrected chi connectivity index (χ2v) is 7.76. The molecule has 2 aromatic heterocycles. The maximum atomic E-state index is 5.36. The maximum absolute atomic E-state index is 5.36. The Morgan fingerprint density at radius 3 is 2.52 bits per heavy atom. The van der Waals surface area contributed by atoms with Crippen LogP contribution in [0.2, 0.25) is 0 Å². The Morgan fingerprint density at radius 2 is 1.76 bits per heavy atom. The van der Waals surface area contributed by atoms with Crippen molar-refractivity contribution in [2.24, 2.45) is 0 Å². The molecule has 0 aliphatic carbocycles. The summed E-state index contributed by atoms with van der Waals surface area (Å²) in [5.74, 6) is 0.811. The molecular weight excluding hydrogens is 426 g/mol. The van der Waals surface area contributed by atoms with Crippen molar-refractivity contribution in [3.63, 3.8) is 0 Å². The molecule has 0 fully saturated rings. The van der Waals surface area contributed by atoms with E-state index in [0.29, 0.717) is 0 Å². The molecule has 2 aromatic carbocycles. The van der Waals surface area contributed by atoms with Crippen molar-refractivity contribution in [3.05, 3.63) is 88.7 Å². The van der Waals surface area contributed by atoms with Crippen molar-refractivity contribution in [1.29, 1.82) is 0 Å². The minimum atomic E-state index is 0.753. The lowest BCUT2D eigenvalue weighted by molar-refractivity contribution is 0.415. The number of aromatic nitrogens is 2. The first-order valence-corrected chi connectivity index (χ1v) is 10.4. The molecule has 0 bridgehead atoms. The van der Waals surface area contributed by atoms with E-state index in [2.05, 4.69) is 62.6 Å². The maximum Gasteiger partial charge on any atom is 0.121 e. The summed E-state index contributed by atoms with van der Waals surface area (Å²) in [7, 11) is 1.68. The van der Waals surface area contributed by atoms with E-state index in [9.17, 15) is 0 Å². The third-order valence-corrected chi connectivity index (χ3v) is 5.41. The zero-order valence-electron chi connectivity index (χ0n) is 16.2. The van der Waals surface area contributed by atoms with Crippen LogP contribution >= 0.6 is 15.9 Å². The van der Waals surface area contributed by atoms with Gasteiger partial charge in [-0.2, -0.15) is 0 Å². The van der Waals surface area contributed by atoms with E-state index in [4.69, 9.17) is 9.72 Å². The van der Waals surface area contributed by atoms with Crippen molar-refractivity contribution in [3.8, 4) is 17.0 Å². The minimum Gasteiger partial charge on any atom is -0.497 e. The first kappa shape index (κ1) is 19.6. The number of benzene rings is 2. The van der Waals surface area contributed by atoms with Crippen LogP contribution < -0.4 is 10.1 Å². The van der Waals surface area contributed by atoms with Gasteiger partial charge in [0.15, 0.2) is 0 Å². The number of fused-ring (bicyclic) bond motifs is 1. The molecule has 0 amide bonds. The van der Waals surface area contributed by atoms with Gasteiger partial charge in [-0.25, -0.2) is 4.98 Å². The molecule has 0 radical (unpaired) electrons. The molecule has 4 nitrogen and oxygen atoms in total. The molecule has 0 aliphatic rings. The first-order chi connectivity index (χ1) is 14.2. The lowest BCUT2D eigenvalue weighted by Gasteiger charge is -2.13. The lowest BCUT2D eigenvalue weighted by atomic mass is 10.0. The fraction of sp³-hybridized carbons (Fsp3) is 0.167. The van der Waals surface area contributed by atoms with Crippen molar-refractivity contribution >= 4 is 26.8 Å². The Balaban J connectivity index is 1.57. The van der Waals surface area contributed by atoms with Gasteiger partial charge in [0.2, 0.25) is 0 Å². The molecule has 1 N–H and O–H groups in total. The molecule has 146 valence electrons. The summed E-state index contributed by atoms with van der Waals surface area (Å²) in [5, 5.41) is 4.68. The average molecular weight is 448 g/mol. The molecule has 4 rings (SSSR count). The van der Waals surface area contributed by atoms with Crippen molar-refractivity contribution in [2.75, 3.05) is 13.7 Å². The monoisotopic (exact) mass is 447 g/mol. The minimum absolute atomic E-state index is 0.753. The van der Waals surface area contributed by atoms with Gasteiger partial charge in [0, 0.05) is 40.4 Å². The van der Waals surface area contributed by atoms with Crippen LogP contribution in [0.5, 0.6) is 5.75 Å². The van der Waals surface area contributed by atoms with E-state index in [1.807, 2.05) is 24.3 Å². The molecule has 4 aromatic rings. The van der Waals surface area contributed by atoms with Gasteiger partial charge in [0.1, 0.15) is 5.75 Å². The number of nitrogens with one attached hydrogen (secondary N) is 1. The smallest absolute Gasteiger partial charge is 0.121 e. The Morgan fingerprint density at radius 1 is 0.966 bits per heavy atom. The molecular formula is C24H22BrN3O. The van der Waals surface area contributed by atoms with Gasteiger partial charge < -0.3 is 10.1 Å². The Bertz CT molecular complexity index is 1100. The van der Waals surface area contributed by atoms with Gasteiger partial charge in [-0.15, -0.1) is 0 Å². The molecule has 0 spiro atoms. The summed E-state index contributed by atoms with van der Waals surface area (Å²) in [6.07, 6.45) is 4.59. The standard InChI is InChI=1S/C24H22BrN3O/c1-29-22-7-4-19-14-20(16-27-11-8-17-2-5-21(25)6-3-17)24(28-23(19)15-22)18-9-12-26-13-10-18/h2-7,9-10,12-15,27H,8,11,16H2,1H3. The Kier molecular flexibility index (Phi) is 6.17. The van der Waals surface area contributed by atoms with Crippen LogP contribution in [0, 0.1) is 0 Å². The van der Waals surface area contributed by atoms with E-state index in [-0.39, 0.29) is 0 Å². The van der Waals surface area contributed by atoms with Gasteiger partial charge in [-0.1, -0.05) is 28.1 Å². The molecule has 0 saturated carbocycles. The van der Waals surface area contributed by atoms with Crippen LogP contribution in [0.25, 0.3) is 22.2 Å². The van der Waals surface area contributed by atoms with Crippen molar-refractivity contribution in [2.45, 2.75) is 13.0 Å². The van der Waals surface area contributed by atoms with E-state index >= 15 is 0 Å². The molecule has 0 saturated heterocycles. The van der Waals surface area contributed by atoms with Crippen LogP contribution in [0.3, 0.4) is 0 Å². The summed E-state index contributed by atoms with van der Waals surface area (Å²) in [4.78, 5) is 9.09. The zero-order valence-corrected chi connectivity index (χ0v) is 17.8. The summed E-state index contributed by atoms with van der Waals surface area (Å²) in [6, 6.07) is 20.7. The van der Waals surface area contributed by atoms with E-state index in [0.717, 1.165) is 51.9 Å². The number of hydrogen-bond donors (Lipinski definition) is 1. The second-order valence-electron chi connectivity index (χ2n) is 6.84. The summed E-state index contributed by atoms with van der Waals surface area (Å²) in [5.41, 5.74) is 5.46. The number of nitrogens with zero attached hydrogens (tertiary/aromatic N) is 2. The Labute approximate surface area is 179 Å². The van der Waals surface area contributed by atoms with E-state index in [1.165, 1.54) is 11.1 Å². The predicted molar refractivity (Wildman–Crippen MR) is 121 cm³/mol. The van der Waals surface area contributed by atoms with Crippen LogP contribution in [0.1, 0.15) is 11.1 Å².